The second kappa shape index (κ2) is 6.49. The van der Waals surface area contributed by atoms with E-state index >= 15 is 0 Å². The van der Waals surface area contributed by atoms with Gasteiger partial charge in [0.15, 0.2) is 9.34 Å². The lowest BCUT2D eigenvalue weighted by Crippen LogP contribution is -2.12. The molecule has 21 heavy (non-hydrogen) atoms. The largest absolute Gasteiger partial charge is 0.298 e. The Hall–Kier alpha value is -0.230. The fourth-order valence-corrected chi connectivity index (χ4v) is 4.76. The zero-order valence-corrected chi connectivity index (χ0v) is 16.5. The van der Waals surface area contributed by atoms with E-state index in [1.807, 2.05) is 6.07 Å². The van der Waals surface area contributed by atoms with E-state index in [1.165, 1.54) is 6.92 Å². The molecule has 0 fully saturated rings. The van der Waals surface area contributed by atoms with Crippen LogP contribution in [0.4, 0.5) is 5.13 Å². The average Bonchev–Trinajstić information content (AvgIpc) is 2.73. The van der Waals surface area contributed by atoms with E-state index in [-0.39, 0.29) is 20.9 Å². The number of halogens is 3. The van der Waals surface area contributed by atoms with E-state index in [0.29, 0.717) is 10.0 Å². The fraction of sp³-hybridized carbons (Fsp3) is 0.0909. The molecular formula is C11H7BrClIN2O3S2. The Kier molecular flexibility index (Phi) is 5.29. The van der Waals surface area contributed by atoms with Crippen LogP contribution >= 0.6 is 60.5 Å². The van der Waals surface area contributed by atoms with Crippen LogP contribution in [0.1, 0.15) is 16.1 Å². The molecule has 1 heterocycles. The van der Waals surface area contributed by atoms with E-state index in [9.17, 15) is 13.2 Å². The molecule has 0 bridgehead atoms. The highest BCUT2D eigenvalue weighted by atomic mass is 127. The SMILES string of the molecule is Cc1nc(NC(=O)c2cc(I)ccc2Br)sc1S(=O)(=O)Cl. The third kappa shape index (κ3) is 4.15. The predicted molar refractivity (Wildman–Crippen MR) is 94.7 cm³/mol. The van der Waals surface area contributed by atoms with Crippen LogP contribution in [0.15, 0.2) is 26.9 Å². The smallest absolute Gasteiger partial charge is 0.272 e. The second-order valence-electron chi connectivity index (χ2n) is 3.91. The van der Waals surface area contributed by atoms with Crippen LogP contribution in [0.2, 0.25) is 0 Å². The van der Waals surface area contributed by atoms with E-state index in [2.05, 4.69) is 48.8 Å². The molecule has 0 spiro atoms. The van der Waals surface area contributed by atoms with Gasteiger partial charge in [-0.1, -0.05) is 11.3 Å². The molecule has 0 aliphatic rings. The van der Waals surface area contributed by atoms with E-state index < -0.39 is 9.05 Å². The van der Waals surface area contributed by atoms with Crippen molar-refractivity contribution in [3.63, 3.8) is 0 Å². The summed E-state index contributed by atoms with van der Waals surface area (Å²) in [6, 6.07) is 5.32. The predicted octanol–water partition coefficient (Wildman–Crippen LogP) is 4.00. The van der Waals surface area contributed by atoms with Crippen LogP contribution in [0.3, 0.4) is 0 Å². The normalized spacial score (nSPS) is 11.4. The molecule has 0 unspecified atom stereocenters. The summed E-state index contributed by atoms with van der Waals surface area (Å²) in [5.74, 6) is -0.382. The first kappa shape index (κ1) is 17.1. The van der Waals surface area contributed by atoms with Gasteiger partial charge >= 0.3 is 0 Å². The first-order valence-electron chi connectivity index (χ1n) is 5.37. The summed E-state index contributed by atoms with van der Waals surface area (Å²) in [6.45, 7) is 1.52. The number of thiazole rings is 1. The average molecular weight is 522 g/mol. The van der Waals surface area contributed by atoms with Gasteiger partial charge in [-0.05, 0) is 63.6 Å². The van der Waals surface area contributed by atoms with E-state index in [0.717, 1.165) is 14.9 Å². The number of nitrogens with zero attached hydrogens (tertiary/aromatic N) is 1. The first-order chi connectivity index (χ1) is 9.68. The Morgan fingerprint density at radius 1 is 1.48 bits per heavy atom. The number of benzene rings is 1. The van der Waals surface area contributed by atoms with Gasteiger partial charge < -0.3 is 0 Å². The molecule has 0 aliphatic heterocycles. The summed E-state index contributed by atoms with van der Waals surface area (Å²) in [5, 5.41) is 2.75. The third-order valence-corrected chi connectivity index (χ3v) is 6.98. The van der Waals surface area contributed by atoms with Crippen molar-refractivity contribution in [2.75, 3.05) is 5.32 Å². The van der Waals surface area contributed by atoms with Gasteiger partial charge in [0.25, 0.3) is 15.0 Å². The number of aromatic nitrogens is 1. The number of aryl methyl sites for hydroxylation is 1. The van der Waals surface area contributed by atoms with Gasteiger partial charge in [0.1, 0.15) is 0 Å². The summed E-state index contributed by atoms with van der Waals surface area (Å²) < 4.78 is 24.1. The van der Waals surface area contributed by atoms with Crippen LogP contribution in [-0.2, 0) is 9.05 Å². The van der Waals surface area contributed by atoms with Crippen LogP contribution in [-0.4, -0.2) is 19.3 Å². The molecule has 0 aliphatic carbocycles. The molecule has 0 saturated carbocycles. The van der Waals surface area contributed by atoms with Gasteiger partial charge in [-0.2, -0.15) is 0 Å². The third-order valence-electron chi connectivity index (χ3n) is 2.37. The topological polar surface area (TPSA) is 76.1 Å². The standard InChI is InChI=1S/C11H7BrClIN2O3S2/c1-5-10(21(13,18)19)20-11(15-5)16-9(17)7-4-6(14)2-3-8(7)12/h2-4H,1H3,(H,15,16,17). The van der Waals surface area contributed by atoms with Crippen molar-refractivity contribution in [1.82, 2.24) is 4.98 Å². The number of rotatable bonds is 3. The van der Waals surface area contributed by atoms with Gasteiger partial charge in [0, 0.05) is 18.7 Å². The molecule has 1 aromatic heterocycles. The van der Waals surface area contributed by atoms with Crippen LogP contribution < -0.4 is 5.32 Å². The quantitative estimate of drug-likeness (QED) is 0.490. The highest BCUT2D eigenvalue weighted by molar-refractivity contribution is 14.1. The fourth-order valence-electron chi connectivity index (χ4n) is 1.50. The summed E-state index contributed by atoms with van der Waals surface area (Å²) in [5.41, 5.74) is 0.692. The van der Waals surface area contributed by atoms with E-state index in [1.54, 1.807) is 12.1 Å². The highest BCUT2D eigenvalue weighted by Crippen LogP contribution is 2.30. The summed E-state index contributed by atoms with van der Waals surface area (Å²) in [7, 11) is 1.44. The number of carbonyl (C=O) groups excluding carboxylic acids is 1. The number of hydrogen-bond donors (Lipinski definition) is 1. The highest BCUT2D eigenvalue weighted by Gasteiger charge is 2.21. The maximum absolute atomic E-state index is 12.2. The minimum absolute atomic E-state index is 0.0684. The maximum atomic E-state index is 12.2. The summed E-state index contributed by atoms with van der Waals surface area (Å²) in [4.78, 5) is 16.2. The van der Waals surface area contributed by atoms with Gasteiger partial charge in [-0.15, -0.1) is 0 Å². The molecule has 10 heteroatoms. The Morgan fingerprint density at radius 2 is 2.14 bits per heavy atom. The molecule has 0 atom stereocenters. The molecule has 1 N–H and O–H groups in total. The van der Waals surface area contributed by atoms with Crippen molar-refractivity contribution in [2.24, 2.45) is 0 Å². The van der Waals surface area contributed by atoms with Gasteiger partial charge in [-0.3, -0.25) is 10.1 Å². The van der Waals surface area contributed by atoms with Crippen LogP contribution in [0, 0.1) is 10.5 Å². The van der Waals surface area contributed by atoms with Gasteiger partial charge in [-0.25, -0.2) is 13.4 Å². The minimum Gasteiger partial charge on any atom is -0.298 e. The summed E-state index contributed by atoms with van der Waals surface area (Å²) >= 11 is 6.21. The molecule has 1 aromatic carbocycles. The van der Waals surface area contributed by atoms with Crippen LogP contribution in [0.25, 0.3) is 0 Å². The van der Waals surface area contributed by atoms with Gasteiger partial charge in [0.2, 0.25) is 0 Å². The summed E-state index contributed by atoms with van der Waals surface area (Å²) in [6.07, 6.45) is 0. The van der Waals surface area contributed by atoms with Crippen molar-refractivity contribution in [3.05, 3.63) is 37.5 Å². The lowest BCUT2D eigenvalue weighted by Gasteiger charge is -2.04. The van der Waals surface area contributed by atoms with Crippen molar-refractivity contribution < 1.29 is 13.2 Å². The van der Waals surface area contributed by atoms with Gasteiger partial charge in [0.05, 0.1) is 11.3 Å². The van der Waals surface area contributed by atoms with Crippen LogP contribution in [0.5, 0.6) is 0 Å². The van der Waals surface area contributed by atoms with E-state index in [4.69, 9.17) is 10.7 Å². The lowest BCUT2D eigenvalue weighted by atomic mass is 10.2. The number of carbonyl (C=O) groups is 1. The Labute approximate surface area is 151 Å². The first-order valence-corrected chi connectivity index (χ1v) is 10.4. The Balaban J connectivity index is 2.30. The molecular weight excluding hydrogens is 515 g/mol. The minimum atomic E-state index is -3.86. The number of anilines is 1. The second-order valence-corrected chi connectivity index (χ2v) is 9.77. The monoisotopic (exact) mass is 520 g/mol. The zero-order chi connectivity index (χ0) is 15.8. The molecule has 2 aromatic rings. The molecule has 112 valence electrons. The molecule has 0 saturated heterocycles. The maximum Gasteiger partial charge on any atom is 0.272 e. The molecule has 1 amide bonds. The van der Waals surface area contributed by atoms with Crippen molar-refractivity contribution >= 4 is 80.6 Å². The van der Waals surface area contributed by atoms with Crippen molar-refractivity contribution in [1.29, 1.82) is 0 Å². The number of hydrogen-bond acceptors (Lipinski definition) is 5. The Bertz CT molecular complexity index is 823. The Morgan fingerprint density at radius 3 is 2.71 bits per heavy atom. The number of amides is 1. The lowest BCUT2D eigenvalue weighted by molar-refractivity contribution is 0.102. The molecule has 5 nitrogen and oxygen atoms in total. The molecule has 2 rings (SSSR count). The van der Waals surface area contributed by atoms with Crippen molar-refractivity contribution in [2.45, 2.75) is 11.1 Å². The number of nitrogens with one attached hydrogen (secondary N) is 1. The zero-order valence-electron chi connectivity index (χ0n) is 10.4. The molecule has 0 radical (unpaired) electrons. The van der Waals surface area contributed by atoms with Crippen molar-refractivity contribution in [3.8, 4) is 0 Å².